The van der Waals surface area contributed by atoms with E-state index in [-0.39, 0.29) is 5.91 Å². The minimum Gasteiger partial charge on any atom is -0.381 e. The van der Waals surface area contributed by atoms with Gasteiger partial charge >= 0.3 is 0 Å². The number of likely N-dealkylation sites (tertiary alicyclic amines) is 1. The van der Waals surface area contributed by atoms with Crippen molar-refractivity contribution in [3.05, 3.63) is 17.0 Å². The Hall–Kier alpha value is -1.73. The van der Waals surface area contributed by atoms with Crippen molar-refractivity contribution in [3.8, 4) is 0 Å². The van der Waals surface area contributed by atoms with E-state index < -0.39 is 0 Å². The molecule has 4 heterocycles. The Morgan fingerprint density at radius 1 is 1.28 bits per heavy atom. The maximum Gasteiger partial charge on any atom is 0.273 e. The third-order valence-electron chi connectivity index (χ3n) is 5.50. The van der Waals surface area contributed by atoms with Crippen LogP contribution in [0.25, 0.3) is 0 Å². The lowest BCUT2D eigenvalue weighted by Crippen LogP contribution is -2.38. The van der Waals surface area contributed by atoms with Crippen molar-refractivity contribution in [2.75, 3.05) is 51.8 Å². The molecule has 0 bridgehead atoms. The second-order valence-electron chi connectivity index (χ2n) is 7.29. The normalized spacial score (nSPS) is 23.7. The van der Waals surface area contributed by atoms with Gasteiger partial charge in [0.15, 0.2) is 0 Å². The third-order valence-corrected chi connectivity index (χ3v) is 5.50. The Morgan fingerprint density at radius 3 is 2.84 bits per heavy atom. The Balaban J connectivity index is 1.59. The van der Waals surface area contributed by atoms with Crippen molar-refractivity contribution >= 4 is 11.9 Å². The zero-order valence-corrected chi connectivity index (χ0v) is 15.0. The molecule has 1 atom stereocenters. The smallest absolute Gasteiger partial charge is 0.273 e. The summed E-state index contributed by atoms with van der Waals surface area (Å²) in [4.78, 5) is 26.6. The summed E-state index contributed by atoms with van der Waals surface area (Å²) in [7, 11) is 1.81. The molecule has 1 amide bonds. The average molecular weight is 345 g/mol. The number of rotatable bonds is 4. The number of carbonyl (C=O) groups excluding carboxylic acids is 1. The van der Waals surface area contributed by atoms with Gasteiger partial charge in [-0.05, 0) is 25.2 Å². The summed E-state index contributed by atoms with van der Waals surface area (Å²) in [6.07, 6.45) is 4.19. The number of anilines is 1. The summed E-state index contributed by atoms with van der Waals surface area (Å²) in [5.74, 6) is 1.23. The van der Waals surface area contributed by atoms with Gasteiger partial charge in [-0.25, -0.2) is 9.97 Å². The van der Waals surface area contributed by atoms with Crippen molar-refractivity contribution in [1.29, 1.82) is 0 Å². The molecule has 7 nitrogen and oxygen atoms in total. The van der Waals surface area contributed by atoms with Gasteiger partial charge in [-0.3, -0.25) is 9.69 Å². The number of nitrogens with one attached hydrogen (secondary N) is 1. The van der Waals surface area contributed by atoms with Gasteiger partial charge in [0.1, 0.15) is 5.69 Å². The van der Waals surface area contributed by atoms with Gasteiger partial charge in [-0.1, -0.05) is 0 Å². The van der Waals surface area contributed by atoms with Crippen LogP contribution in [0.4, 0.5) is 5.95 Å². The van der Waals surface area contributed by atoms with Crippen LogP contribution in [-0.2, 0) is 17.7 Å². The first kappa shape index (κ1) is 16.7. The number of amides is 1. The predicted octanol–water partition coefficient (Wildman–Crippen LogP) is 1.15. The van der Waals surface area contributed by atoms with Crippen molar-refractivity contribution in [2.24, 2.45) is 5.92 Å². The Bertz CT molecular complexity index is 639. The Kier molecular flexibility index (Phi) is 4.85. The van der Waals surface area contributed by atoms with Gasteiger partial charge in [0.2, 0.25) is 5.95 Å². The molecule has 0 saturated carbocycles. The Morgan fingerprint density at radius 2 is 2.12 bits per heavy atom. The summed E-state index contributed by atoms with van der Waals surface area (Å²) in [5.41, 5.74) is 2.66. The summed E-state index contributed by atoms with van der Waals surface area (Å²) in [5, 5.41) is 3.01. The van der Waals surface area contributed by atoms with Gasteiger partial charge in [0.25, 0.3) is 5.91 Å². The summed E-state index contributed by atoms with van der Waals surface area (Å²) >= 11 is 0. The molecule has 3 aliphatic rings. The van der Waals surface area contributed by atoms with Crippen LogP contribution < -0.4 is 5.32 Å². The Labute approximate surface area is 148 Å². The van der Waals surface area contributed by atoms with E-state index in [0.717, 1.165) is 82.9 Å². The largest absolute Gasteiger partial charge is 0.381 e. The van der Waals surface area contributed by atoms with Gasteiger partial charge in [0.05, 0.1) is 12.3 Å². The summed E-state index contributed by atoms with van der Waals surface area (Å²) < 4.78 is 5.51. The quantitative estimate of drug-likeness (QED) is 0.883. The maximum absolute atomic E-state index is 13.0. The van der Waals surface area contributed by atoms with Crippen LogP contribution in [0.3, 0.4) is 0 Å². The zero-order chi connectivity index (χ0) is 17.2. The van der Waals surface area contributed by atoms with Crippen LogP contribution in [0.2, 0.25) is 0 Å². The summed E-state index contributed by atoms with van der Waals surface area (Å²) in [6, 6.07) is 0. The molecule has 0 aromatic carbocycles. The molecule has 7 heteroatoms. The van der Waals surface area contributed by atoms with E-state index in [2.05, 4.69) is 20.2 Å². The van der Waals surface area contributed by atoms with Crippen LogP contribution in [0, 0.1) is 5.92 Å². The van der Waals surface area contributed by atoms with Crippen LogP contribution in [-0.4, -0.2) is 72.1 Å². The van der Waals surface area contributed by atoms with Crippen LogP contribution in [0.15, 0.2) is 0 Å². The SMILES string of the molecule is CNc1nc2c(c(C(=O)N3CCCC3)n1)CN(C[C@@H]1CCOC1)CC2. The molecule has 2 saturated heterocycles. The lowest BCUT2D eigenvalue weighted by atomic mass is 10.0. The second kappa shape index (κ2) is 7.25. The van der Waals surface area contributed by atoms with Gasteiger partial charge in [-0.2, -0.15) is 0 Å². The molecular formula is C18H27N5O2. The number of carbonyl (C=O) groups is 1. The van der Waals surface area contributed by atoms with Crippen molar-refractivity contribution < 1.29 is 9.53 Å². The van der Waals surface area contributed by atoms with Crippen LogP contribution in [0.1, 0.15) is 41.0 Å². The van der Waals surface area contributed by atoms with E-state index in [9.17, 15) is 4.79 Å². The topological polar surface area (TPSA) is 70.6 Å². The molecular weight excluding hydrogens is 318 g/mol. The lowest BCUT2D eigenvalue weighted by Gasteiger charge is -2.31. The van der Waals surface area contributed by atoms with Crippen molar-refractivity contribution in [2.45, 2.75) is 32.2 Å². The first-order valence-electron chi connectivity index (χ1n) is 9.41. The highest BCUT2D eigenvalue weighted by molar-refractivity contribution is 5.94. The molecule has 1 aromatic heterocycles. The summed E-state index contributed by atoms with van der Waals surface area (Å²) in [6.45, 7) is 6.21. The fourth-order valence-electron chi connectivity index (χ4n) is 4.08. The van der Waals surface area contributed by atoms with Crippen LogP contribution >= 0.6 is 0 Å². The van der Waals surface area contributed by atoms with Crippen LogP contribution in [0.5, 0.6) is 0 Å². The number of hydrogen-bond acceptors (Lipinski definition) is 6. The molecule has 0 spiro atoms. The van der Waals surface area contributed by atoms with Crippen molar-refractivity contribution in [1.82, 2.24) is 19.8 Å². The fraction of sp³-hybridized carbons (Fsp3) is 0.722. The number of nitrogens with zero attached hydrogens (tertiary/aromatic N) is 4. The molecule has 3 aliphatic heterocycles. The van der Waals surface area contributed by atoms with Crippen molar-refractivity contribution in [3.63, 3.8) is 0 Å². The third kappa shape index (κ3) is 3.48. The molecule has 2 fully saturated rings. The average Bonchev–Trinajstić information content (AvgIpc) is 3.34. The fourth-order valence-corrected chi connectivity index (χ4v) is 4.08. The highest BCUT2D eigenvalue weighted by Crippen LogP contribution is 2.25. The van der Waals surface area contributed by atoms with Gasteiger partial charge in [-0.15, -0.1) is 0 Å². The van der Waals surface area contributed by atoms with E-state index in [1.165, 1.54) is 0 Å². The number of hydrogen-bond donors (Lipinski definition) is 1. The van der Waals surface area contributed by atoms with E-state index in [1.807, 2.05) is 4.90 Å². The molecule has 4 rings (SSSR count). The van der Waals surface area contributed by atoms with Gasteiger partial charge in [0, 0.05) is 58.4 Å². The lowest BCUT2D eigenvalue weighted by molar-refractivity contribution is 0.0782. The highest BCUT2D eigenvalue weighted by atomic mass is 16.5. The molecule has 136 valence electrons. The molecule has 25 heavy (non-hydrogen) atoms. The number of ether oxygens (including phenoxy) is 1. The maximum atomic E-state index is 13.0. The molecule has 1 aromatic rings. The monoisotopic (exact) mass is 345 g/mol. The zero-order valence-electron chi connectivity index (χ0n) is 15.0. The molecule has 1 N–H and O–H groups in total. The predicted molar refractivity (Wildman–Crippen MR) is 94.6 cm³/mol. The first-order chi connectivity index (χ1) is 12.2. The molecule has 0 radical (unpaired) electrons. The van der Waals surface area contributed by atoms with Gasteiger partial charge < -0.3 is 15.0 Å². The molecule has 0 aliphatic carbocycles. The molecule has 0 unspecified atom stereocenters. The van der Waals surface area contributed by atoms with E-state index in [1.54, 1.807) is 7.05 Å². The minimum atomic E-state index is 0.0682. The standard InChI is InChI=1S/C18H27N5O2/c1-19-18-20-15-4-8-22(10-13-5-9-25-12-13)11-14(15)16(21-18)17(24)23-6-2-3-7-23/h13H,2-12H2,1H3,(H,19,20,21)/t13-/m0/s1. The van der Waals surface area contributed by atoms with E-state index in [0.29, 0.717) is 17.6 Å². The second-order valence-corrected chi connectivity index (χ2v) is 7.29. The van der Waals surface area contributed by atoms with E-state index in [4.69, 9.17) is 4.74 Å². The first-order valence-corrected chi connectivity index (χ1v) is 9.41. The van der Waals surface area contributed by atoms with E-state index >= 15 is 0 Å². The highest BCUT2D eigenvalue weighted by Gasteiger charge is 2.30. The minimum absolute atomic E-state index is 0.0682. The number of aromatic nitrogens is 2. The number of fused-ring (bicyclic) bond motifs is 1.